The molecule has 2 aliphatic heterocycles. The number of nitrogens with one attached hydrogen (secondary N) is 1. The number of rotatable bonds is 8. The molecule has 0 radical (unpaired) electrons. The molecule has 0 saturated carbocycles. The fraction of sp³-hybridized carbons (Fsp3) is 0.519. The van der Waals surface area contributed by atoms with Crippen molar-refractivity contribution in [3.05, 3.63) is 64.7 Å². The molecule has 6 heteroatoms. The second-order valence-electron chi connectivity index (χ2n) is 9.71. The lowest BCUT2D eigenvalue weighted by Crippen LogP contribution is -2.55. The first-order valence-corrected chi connectivity index (χ1v) is 12.6. The first-order valence-electron chi connectivity index (χ1n) is 12.2. The minimum absolute atomic E-state index is 0.0585. The summed E-state index contributed by atoms with van der Waals surface area (Å²) in [6.45, 7) is 8.66. The van der Waals surface area contributed by atoms with Crippen molar-refractivity contribution >= 4 is 17.6 Å². The second kappa shape index (κ2) is 11.3. The molecule has 2 aromatic rings. The maximum atomic E-state index is 12.6. The smallest absolute Gasteiger partial charge is 0.317 e. The third-order valence-corrected chi connectivity index (χ3v) is 7.03. The molecule has 1 unspecified atom stereocenters. The molecule has 2 aliphatic rings. The van der Waals surface area contributed by atoms with Crippen LogP contribution in [0.4, 0.5) is 4.79 Å². The summed E-state index contributed by atoms with van der Waals surface area (Å²) in [6, 6.07) is 16.5. The number of urea groups is 1. The van der Waals surface area contributed by atoms with Gasteiger partial charge in [0.15, 0.2) is 0 Å². The van der Waals surface area contributed by atoms with Crippen LogP contribution in [0.3, 0.4) is 0 Å². The van der Waals surface area contributed by atoms with Crippen LogP contribution in [-0.2, 0) is 13.0 Å². The Kier molecular flexibility index (Phi) is 8.15. The van der Waals surface area contributed by atoms with Gasteiger partial charge in [-0.15, -0.1) is 0 Å². The molecule has 2 fully saturated rings. The monoisotopic (exact) mass is 469 g/mol. The van der Waals surface area contributed by atoms with E-state index in [0.29, 0.717) is 12.5 Å². The van der Waals surface area contributed by atoms with E-state index < -0.39 is 0 Å². The summed E-state index contributed by atoms with van der Waals surface area (Å²) in [5.74, 6) is 1.53. The summed E-state index contributed by atoms with van der Waals surface area (Å²) in [4.78, 5) is 17.0. The highest BCUT2D eigenvalue weighted by Crippen LogP contribution is 2.29. The van der Waals surface area contributed by atoms with Gasteiger partial charge in [-0.25, -0.2) is 4.79 Å². The van der Waals surface area contributed by atoms with Gasteiger partial charge in [-0.05, 0) is 87.9 Å². The van der Waals surface area contributed by atoms with Crippen molar-refractivity contribution < 1.29 is 9.53 Å². The lowest BCUT2D eigenvalue weighted by atomic mass is 9.89. The number of carbonyl (C=O) groups excluding carboxylic acids is 1. The van der Waals surface area contributed by atoms with Gasteiger partial charge in [0, 0.05) is 30.7 Å². The standard InChI is InChI=1S/C27H36ClN3O2/c1-20(2)33-25-8-9-26(28)23(17-25)16-21-10-13-30(14-11-21)19-24-12-15-31(27(32)29-24)18-22-6-4-3-5-7-22/h3-9,17,20-21,24H,10-16,18-19H2,1-2H3,(H,29,32). The molecule has 0 spiro atoms. The molecule has 33 heavy (non-hydrogen) atoms. The van der Waals surface area contributed by atoms with Gasteiger partial charge in [-0.2, -0.15) is 0 Å². The molecule has 2 aromatic carbocycles. The predicted molar refractivity (Wildman–Crippen MR) is 134 cm³/mol. The zero-order chi connectivity index (χ0) is 23.2. The van der Waals surface area contributed by atoms with Gasteiger partial charge in [-0.3, -0.25) is 0 Å². The van der Waals surface area contributed by atoms with Crippen molar-refractivity contribution in [1.82, 2.24) is 15.1 Å². The van der Waals surface area contributed by atoms with E-state index in [4.69, 9.17) is 16.3 Å². The second-order valence-corrected chi connectivity index (χ2v) is 10.1. The van der Waals surface area contributed by atoms with Gasteiger partial charge in [0.2, 0.25) is 0 Å². The van der Waals surface area contributed by atoms with Crippen molar-refractivity contribution in [2.24, 2.45) is 5.92 Å². The molecule has 178 valence electrons. The van der Waals surface area contributed by atoms with Crippen molar-refractivity contribution in [3.8, 4) is 5.75 Å². The number of hydrogen-bond acceptors (Lipinski definition) is 3. The summed E-state index contributed by atoms with van der Waals surface area (Å²) >= 11 is 6.48. The van der Waals surface area contributed by atoms with Crippen LogP contribution in [0.5, 0.6) is 5.75 Å². The topological polar surface area (TPSA) is 44.8 Å². The van der Waals surface area contributed by atoms with E-state index in [9.17, 15) is 4.79 Å². The number of hydrogen-bond donors (Lipinski definition) is 1. The third kappa shape index (κ3) is 6.87. The predicted octanol–water partition coefficient (Wildman–Crippen LogP) is 5.37. The molecule has 0 aromatic heterocycles. The molecule has 4 rings (SSSR count). The highest BCUT2D eigenvalue weighted by molar-refractivity contribution is 6.31. The van der Waals surface area contributed by atoms with Crippen molar-refractivity contribution in [3.63, 3.8) is 0 Å². The quantitative estimate of drug-likeness (QED) is 0.565. The van der Waals surface area contributed by atoms with Crippen LogP contribution >= 0.6 is 11.6 Å². The Balaban J connectivity index is 1.21. The van der Waals surface area contributed by atoms with E-state index in [1.165, 1.54) is 11.1 Å². The zero-order valence-corrected chi connectivity index (χ0v) is 20.6. The number of amides is 2. The Morgan fingerprint density at radius 2 is 1.82 bits per heavy atom. The Hall–Kier alpha value is -2.24. The Labute approximate surface area is 203 Å². The van der Waals surface area contributed by atoms with Crippen molar-refractivity contribution in [1.29, 1.82) is 0 Å². The number of nitrogens with zero attached hydrogens (tertiary/aromatic N) is 2. The number of benzene rings is 2. The highest BCUT2D eigenvalue weighted by atomic mass is 35.5. The van der Waals surface area contributed by atoms with E-state index in [0.717, 1.165) is 62.6 Å². The molecule has 0 aliphatic carbocycles. The summed E-state index contributed by atoms with van der Waals surface area (Å²) in [7, 11) is 0. The summed E-state index contributed by atoms with van der Waals surface area (Å²) in [5.41, 5.74) is 2.36. The number of carbonyl (C=O) groups is 1. The van der Waals surface area contributed by atoms with Crippen LogP contribution in [0, 0.1) is 5.92 Å². The molecular weight excluding hydrogens is 434 g/mol. The summed E-state index contributed by atoms with van der Waals surface area (Å²) < 4.78 is 5.85. The summed E-state index contributed by atoms with van der Waals surface area (Å²) in [5, 5.41) is 4.06. The highest BCUT2D eigenvalue weighted by Gasteiger charge is 2.28. The Bertz CT molecular complexity index is 913. The van der Waals surface area contributed by atoms with Gasteiger partial charge in [0.05, 0.1) is 6.10 Å². The molecule has 0 bridgehead atoms. The van der Waals surface area contributed by atoms with Gasteiger partial charge in [0.1, 0.15) is 5.75 Å². The van der Waals surface area contributed by atoms with Crippen molar-refractivity contribution in [2.45, 2.75) is 58.2 Å². The first-order chi connectivity index (χ1) is 16.0. The van der Waals surface area contributed by atoms with E-state index in [2.05, 4.69) is 28.4 Å². The molecule has 1 N–H and O–H groups in total. The molecule has 2 amide bonds. The average molecular weight is 470 g/mol. The number of likely N-dealkylation sites (tertiary alicyclic amines) is 1. The lowest BCUT2D eigenvalue weighted by molar-refractivity contribution is 0.136. The molecule has 2 saturated heterocycles. The maximum Gasteiger partial charge on any atom is 0.317 e. The Morgan fingerprint density at radius 1 is 1.06 bits per heavy atom. The number of piperidine rings is 1. The average Bonchev–Trinajstić information content (AvgIpc) is 2.79. The Morgan fingerprint density at radius 3 is 2.52 bits per heavy atom. The van der Waals surface area contributed by atoms with E-state index in [1.807, 2.05) is 49.1 Å². The molecule has 2 heterocycles. The fourth-order valence-corrected chi connectivity index (χ4v) is 5.09. The minimum Gasteiger partial charge on any atom is -0.491 e. The number of halogens is 1. The van der Waals surface area contributed by atoms with Gasteiger partial charge >= 0.3 is 6.03 Å². The van der Waals surface area contributed by atoms with E-state index in [-0.39, 0.29) is 18.2 Å². The van der Waals surface area contributed by atoms with Crippen molar-refractivity contribution in [2.75, 3.05) is 26.2 Å². The summed E-state index contributed by atoms with van der Waals surface area (Å²) in [6.07, 6.45) is 4.47. The molecule has 1 atom stereocenters. The fourth-order valence-electron chi connectivity index (χ4n) is 4.89. The SMILES string of the molecule is CC(C)Oc1ccc(Cl)c(CC2CCN(CC3CCN(Cc4ccccc4)C(=O)N3)CC2)c1. The molecule has 5 nitrogen and oxygen atoms in total. The first kappa shape index (κ1) is 23.9. The van der Waals surface area contributed by atoms with Crippen LogP contribution in [-0.4, -0.2) is 54.2 Å². The van der Waals surface area contributed by atoms with Gasteiger partial charge < -0.3 is 19.9 Å². The van der Waals surface area contributed by atoms with Gasteiger partial charge in [-0.1, -0.05) is 41.9 Å². The van der Waals surface area contributed by atoms with E-state index >= 15 is 0 Å². The lowest BCUT2D eigenvalue weighted by Gasteiger charge is -2.38. The van der Waals surface area contributed by atoms with Crippen LogP contribution in [0.15, 0.2) is 48.5 Å². The van der Waals surface area contributed by atoms with Gasteiger partial charge in [0.25, 0.3) is 0 Å². The van der Waals surface area contributed by atoms with Crippen LogP contribution in [0.2, 0.25) is 5.02 Å². The van der Waals surface area contributed by atoms with Crippen LogP contribution < -0.4 is 10.1 Å². The molecular formula is C27H36ClN3O2. The normalized spacial score (nSPS) is 20.2. The van der Waals surface area contributed by atoms with Crippen LogP contribution in [0.25, 0.3) is 0 Å². The van der Waals surface area contributed by atoms with Crippen LogP contribution in [0.1, 0.15) is 44.2 Å². The maximum absolute atomic E-state index is 12.6. The minimum atomic E-state index is 0.0585. The largest absolute Gasteiger partial charge is 0.491 e. The zero-order valence-electron chi connectivity index (χ0n) is 19.8. The number of ether oxygens (including phenoxy) is 1. The third-order valence-electron chi connectivity index (χ3n) is 6.66. The van der Waals surface area contributed by atoms with E-state index in [1.54, 1.807) is 0 Å².